The molecule has 4 aromatic rings. The maximum Gasteiger partial charge on any atom is 0.335 e. The Kier molecular flexibility index (Phi) is 4.00. The van der Waals surface area contributed by atoms with Gasteiger partial charge >= 0.3 is 5.97 Å². The highest BCUT2D eigenvalue weighted by Crippen LogP contribution is 2.18. The lowest BCUT2D eigenvalue weighted by Gasteiger charge is -2.05. The zero-order valence-electron chi connectivity index (χ0n) is 14.4. The fourth-order valence-corrected chi connectivity index (χ4v) is 2.94. The molecule has 134 valence electrons. The lowest BCUT2D eigenvalue weighted by Crippen LogP contribution is -2.11. The fourth-order valence-electron chi connectivity index (χ4n) is 2.94. The Hall–Kier alpha value is -3.81. The van der Waals surface area contributed by atoms with Gasteiger partial charge in [-0.25, -0.2) is 14.5 Å². The SMILES string of the molecule is Cc1nn(Cc2ccc(C(=O)O)cc2)c2nc(-c3ccncc3)[nH]c(=O)c12. The molecule has 0 saturated carbocycles. The van der Waals surface area contributed by atoms with E-state index in [-0.39, 0.29) is 11.1 Å². The van der Waals surface area contributed by atoms with Gasteiger partial charge in [0.2, 0.25) is 0 Å². The molecule has 0 unspecified atom stereocenters. The highest BCUT2D eigenvalue weighted by Gasteiger charge is 2.15. The van der Waals surface area contributed by atoms with Crippen molar-refractivity contribution in [2.45, 2.75) is 13.5 Å². The number of hydrogen-bond acceptors (Lipinski definition) is 5. The minimum absolute atomic E-state index is 0.217. The molecule has 1 aromatic carbocycles. The molecule has 0 aliphatic rings. The molecule has 0 fully saturated rings. The molecule has 0 spiro atoms. The molecule has 0 aliphatic heterocycles. The average molecular weight is 361 g/mol. The van der Waals surface area contributed by atoms with E-state index in [1.165, 1.54) is 0 Å². The Morgan fingerprint density at radius 1 is 1.15 bits per heavy atom. The summed E-state index contributed by atoms with van der Waals surface area (Å²) in [6, 6.07) is 10.1. The Bertz CT molecular complexity index is 1190. The number of fused-ring (bicyclic) bond motifs is 1. The molecule has 8 heteroatoms. The van der Waals surface area contributed by atoms with Crippen LogP contribution in [0.15, 0.2) is 53.6 Å². The number of aromatic carboxylic acids is 1. The van der Waals surface area contributed by atoms with Crippen molar-refractivity contribution in [3.8, 4) is 11.4 Å². The summed E-state index contributed by atoms with van der Waals surface area (Å²) in [6.07, 6.45) is 3.26. The van der Waals surface area contributed by atoms with E-state index in [0.29, 0.717) is 29.1 Å². The number of aromatic amines is 1. The Balaban J connectivity index is 1.80. The van der Waals surface area contributed by atoms with Crippen molar-refractivity contribution >= 4 is 17.0 Å². The first kappa shape index (κ1) is 16.6. The first-order chi connectivity index (χ1) is 13.0. The predicted octanol–water partition coefficient (Wildman–Crippen LogP) is 2.24. The summed E-state index contributed by atoms with van der Waals surface area (Å²) in [7, 11) is 0. The van der Waals surface area contributed by atoms with Crippen LogP contribution in [0.25, 0.3) is 22.4 Å². The van der Waals surface area contributed by atoms with Crippen LogP contribution in [-0.2, 0) is 6.54 Å². The van der Waals surface area contributed by atoms with E-state index in [4.69, 9.17) is 5.11 Å². The number of pyridine rings is 1. The Labute approximate surface area is 153 Å². The smallest absolute Gasteiger partial charge is 0.335 e. The zero-order chi connectivity index (χ0) is 19.0. The number of benzene rings is 1. The third-order valence-electron chi connectivity index (χ3n) is 4.26. The van der Waals surface area contributed by atoms with Crippen LogP contribution >= 0.6 is 0 Å². The second-order valence-corrected chi connectivity index (χ2v) is 6.09. The molecule has 0 amide bonds. The van der Waals surface area contributed by atoms with Gasteiger partial charge in [0.25, 0.3) is 5.56 Å². The number of carbonyl (C=O) groups is 1. The van der Waals surface area contributed by atoms with E-state index >= 15 is 0 Å². The van der Waals surface area contributed by atoms with Gasteiger partial charge in [0.15, 0.2) is 5.65 Å². The third kappa shape index (κ3) is 3.08. The molecule has 0 saturated heterocycles. The Morgan fingerprint density at radius 2 is 1.85 bits per heavy atom. The minimum atomic E-state index is -0.975. The normalized spacial score (nSPS) is 11.0. The van der Waals surface area contributed by atoms with Gasteiger partial charge in [-0.15, -0.1) is 0 Å². The third-order valence-corrected chi connectivity index (χ3v) is 4.26. The summed E-state index contributed by atoms with van der Waals surface area (Å²) >= 11 is 0. The van der Waals surface area contributed by atoms with Crippen molar-refractivity contribution in [3.05, 3.63) is 76.0 Å². The van der Waals surface area contributed by atoms with Gasteiger partial charge in [0.1, 0.15) is 11.2 Å². The van der Waals surface area contributed by atoms with Gasteiger partial charge in [0, 0.05) is 18.0 Å². The highest BCUT2D eigenvalue weighted by molar-refractivity contribution is 5.87. The van der Waals surface area contributed by atoms with Crippen LogP contribution in [-0.4, -0.2) is 35.8 Å². The molecule has 3 aromatic heterocycles. The van der Waals surface area contributed by atoms with E-state index in [2.05, 4.69) is 20.1 Å². The van der Waals surface area contributed by atoms with E-state index in [1.54, 1.807) is 60.4 Å². The van der Waals surface area contributed by atoms with Crippen LogP contribution in [0, 0.1) is 6.92 Å². The lowest BCUT2D eigenvalue weighted by atomic mass is 10.1. The molecule has 8 nitrogen and oxygen atoms in total. The number of aryl methyl sites for hydroxylation is 1. The van der Waals surface area contributed by atoms with Gasteiger partial charge in [-0.1, -0.05) is 12.1 Å². The summed E-state index contributed by atoms with van der Waals surface area (Å²) in [6.45, 7) is 2.13. The molecule has 0 bridgehead atoms. The predicted molar refractivity (Wildman–Crippen MR) is 98.6 cm³/mol. The summed E-state index contributed by atoms with van der Waals surface area (Å²) in [4.78, 5) is 34.9. The largest absolute Gasteiger partial charge is 0.478 e. The quantitative estimate of drug-likeness (QED) is 0.576. The number of aromatic nitrogens is 5. The molecular formula is C19H15N5O3. The molecule has 3 heterocycles. The van der Waals surface area contributed by atoms with Crippen molar-refractivity contribution in [3.63, 3.8) is 0 Å². The maximum atomic E-state index is 12.5. The van der Waals surface area contributed by atoms with Crippen LogP contribution in [0.1, 0.15) is 21.6 Å². The molecule has 0 aliphatic carbocycles. The Morgan fingerprint density at radius 3 is 2.52 bits per heavy atom. The number of nitrogens with zero attached hydrogens (tertiary/aromatic N) is 4. The molecule has 0 radical (unpaired) electrons. The summed E-state index contributed by atoms with van der Waals surface area (Å²) in [5, 5.41) is 13.9. The molecule has 27 heavy (non-hydrogen) atoms. The first-order valence-corrected chi connectivity index (χ1v) is 8.23. The molecular weight excluding hydrogens is 346 g/mol. The van der Waals surface area contributed by atoms with Crippen LogP contribution in [0.4, 0.5) is 0 Å². The van der Waals surface area contributed by atoms with Gasteiger partial charge in [0.05, 0.1) is 17.8 Å². The minimum Gasteiger partial charge on any atom is -0.478 e. The number of carboxylic acids is 1. The van der Waals surface area contributed by atoms with Crippen LogP contribution in [0.2, 0.25) is 0 Å². The number of carboxylic acid groups (broad SMARTS) is 1. The van der Waals surface area contributed by atoms with Crippen molar-refractivity contribution in [2.24, 2.45) is 0 Å². The summed E-state index contributed by atoms with van der Waals surface area (Å²) in [5.74, 6) is -0.533. The van der Waals surface area contributed by atoms with Crippen LogP contribution < -0.4 is 5.56 Å². The van der Waals surface area contributed by atoms with Crippen molar-refractivity contribution in [1.82, 2.24) is 24.7 Å². The standard InChI is InChI=1S/C19H15N5O3/c1-11-15-17(21-16(22-18(15)25)13-6-8-20-9-7-13)24(23-11)10-12-2-4-14(5-3-12)19(26)27/h2-9H,10H2,1H3,(H,26,27)(H,21,22,25). The average Bonchev–Trinajstić information content (AvgIpc) is 2.99. The second-order valence-electron chi connectivity index (χ2n) is 6.09. The molecule has 0 atom stereocenters. The number of H-pyrrole nitrogens is 1. The summed E-state index contributed by atoms with van der Waals surface area (Å²) < 4.78 is 1.65. The number of rotatable bonds is 4. The zero-order valence-corrected chi connectivity index (χ0v) is 14.4. The van der Waals surface area contributed by atoms with Gasteiger partial charge in [-0.05, 0) is 36.8 Å². The van der Waals surface area contributed by atoms with Crippen LogP contribution in [0.5, 0.6) is 0 Å². The van der Waals surface area contributed by atoms with Gasteiger partial charge in [-0.2, -0.15) is 5.10 Å². The number of nitrogens with one attached hydrogen (secondary N) is 1. The van der Waals surface area contributed by atoms with E-state index in [9.17, 15) is 9.59 Å². The van der Waals surface area contributed by atoms with E-state index in [1.807, 2.05) is 0 Å². The fraction of sp³-hybridized carbons (Fsp3) is 0.105. The first-order valence-electron chi connectivity index (χ1n) is 8.23. The van der Waals surface area contributed by atoms with Gasteiger partial charge in [-0.3, -0.25) is 9.78 Å². The summed E-state index contributed by atoms with van der Waals surface area (Å²) in [5.41, 5.74) is 2.64. The van der Waals surface area contributed by atoms with Gasteiger partial charge < -0.3 is 10.1 Å². The van der Waals surface area contributed by atoms with Crippen molar-refractivity contribution in [2.75, 3.05) is 0 Å². The monoisotopic (exact) mass is 361 g/mol. The molecule has 4 rings (SSSR count). The molecule has 2 N–H and O–H groups in total. The maximum absolute atomic E-state index is 12.5. The van der Waals surface area contributed by atoms with Crippen molar-refractivity contribution < 1.29 is 9.90 Å². The van der Waals surface area contributed by atoms with Crippen LogP contribution in [0.3, 0.4) is 0 Å². The second kappa shape index (κ2) is 6.49. The van der Waals surface area contributed by atoms with E-state index in [0.717, 1.165) is 11.1 Å². The highest BCUT2D eigenvalue weighted by atomic mass is 16.4. The lowest BCUT2D eigenvalue weighted by molar-refractivity contribution is 0.0697. The number of hydrogen-bond donors (Lipinski definition) is 2. The topological polar surface area (TPSA) is 114 Å². The van der Waals surface area contributed by atoms with E-state index < -0.39 is 5.97 Å². The van der Waals surface area contributed by atoms with Crippen molar-refractivity contribution in [1.29, 1.82) is 0 Å².